The third-order valence-corrected chi connectivity index (χ3v) is 0. The number of hydrogen-bond donors (Lipinski definition) is 2. The Morgan fingerprint density at radius 3 is 0.600 bits per heavy atom. The molecule has 0 aromatic rings. The maximum Gasteiger partial charge on any atom is 0 e. The molecule has 0 amide bonds. The fourth-order valence-electron chi connectivity index (χ4n) is 0. The maximum absolute atomic E-state index is 0. The quantitative estimate of drug-likeness (QED) is 0.561. The molecule has 0 bridgehead atoms. The van der Waals surface area contributed by atoms with Crippen LogP contribution in [0.5, 0.6) is 0 Å². The normalized spacial score (nSPS) is 0. The average molecular weight is 265 g/mol. The van der Waals surface area contributed by atoms with Crippen LogP contribution in [-0.4, -0.2) is 11.0 Å². The van der Waals surface area contributed by atoms with E-state index < -0.39 is 0 Å². The molecule has 0 radical (unpaired) electrons. The minimum absolute atomic E-state index is 0. The average Bonchev–Trinajstić information content (AvgIpc) is 0. The van der Waals surface area contributed by atoms with E-state index in [9.17, 15) is 0 Å². The standard InChI is InChI=1S/2H3N.2H2O.Pt/h2*1H3;2*1H2;. The smallest absolute Gasteiger partial charge is 0 e. The van der Waals surface area contributed by atoms with Crippen molar-refractivity contribution >= 4 is 0 Å². The Labute approximate surface area is 45.0 Å². The summed E-state index contributed by atoms with van der Waals surface area (Å²) in [5, 5.41) is 0. The van der Waals surface area contributed by atoms with Crippen LogP contribution in [0.2, 0.25) is 0 Å². The molecule has 0 aliphatic carbocycles. The summed E-state index contributed by atoms with van der Waals surface area (Å²) in [6, 6.07) is 0. The van der Waals surface area contributed by atoms with Gasteiger partial charge in [0.15, 0.2) is 0 Å². The van der Waals surface area contributed by atoms with Gasteiger partial charge in [0.05, 0.1) is 0 Å². The molecular formula is H10N2O2Pt. The van der Waals surface area contributed by atoms with Crippen molar-refractivity contribution < 1.29 is 32.0 Å². The van der Waals surface area contributed by atoms with Crippen molar-refractivity contribution in [3.8, 4) is 0 Å². The summed E-state index contributed by atoms with van der Waals surface area (Å²) in [7, 11) is 0. The molecule has 0 saturated carbocycles. The summed E-state index contributed by atoms with van der Waals surface area (Å²) in [6.45, 7) is 0. The molecule has 0 aliphatic rings. The van der Waals surface area contributed by atoms with Gasteiger partial charge in [-0.05, 0) is 0 Å². The SMILES string of the molecule is N.N.O.O.[Pt]. The first kappa shape index (κ1) is 406. The molecule has 0 unspecified atom stereocenters. The van der Waals surface area contributed by atoms with Crippen molar-refractivity contribution in [1.29, 1.82) is 0 Å². The fraction of sp³-hybridized carbons (Fsp3) is 0. The summed E-state index contributed by atoms with van der Waals surface area (Å²) in [6.07, 6.45) is 0. The molecule has 0 aromatic heterocycles. The monoisotopic (exact) mass is 265 g/mol. The minimum Gasteiger partial charge on any atom is -0.412 e. The van der Waals surface area contributed by atoms with E-state index >= 15 is 0 Å². The van der Waals surface area contributed by atoms with Crippen LogP contribution in [0.25, 0.3) is 0 Å². The first-order valence-corrected chi connectivity index (χ1v) is 0. The van der Waals surface area contributed by atoms with Crippen LogP contribution in [0.15, 0.2) is 0 Å². The van der Waals surface area contributed by atoms with Crippen LogP contribution in [-0.2, 0) is 21.1 Å². The van der Waals surface area contributed by atoms with E-state index in [1.165, 1.54) is 0 Å². The second-order valence-electron chi connectivity index (χ2n) is 0. The molecule has 42 valence electrons. The third kappa shape index (κ3) is 104. The molecule has 0 saturated heterocycles. The molecule has 0 fully saturated rings. The molecular weight excluding hydrogens is 255 g/mol. The van der Waals surface area contributed by atoms with Gasteiger partial charge >= 0.3 is 0 Å². The van der Waals surface area contributed by atoms with Gasteiger partial charge in [0.1, 0.15) is 0 Å². The Morgan fingerprint density at radius 1 is 0.600 bits per heavy atom. The first-order valence-electron chi connectivity index (χ1n) is 0. The van der Waals surface area contributed by atoms with Gasteiger partial charge in [-0.15, -0.1) is 0 Å². The zero-order valence-corrected chi connectivity index (χ0v) is 5.00. The van der Waals surface area contributed by atoms with Crippen molar-refractivity contribution in [2.75, 3.05) is 0 Å². The van der Waals surface area contributed by atoms with Crippen molar-refractivity contribution in [3.05, 3.63) is 0 Å². The van der Waals surface area contributed by atoms with E-state index in [0.29, 0.717) is 0 Å². The van der Waals surface area contributed by atoms with Crippen LogP contribution >= 0.6 is 0 Å². The predicted molar refractivity (Wildman–Crippen MR) is 17.3 cm³/mol. The molecule has 5 heteroatoms. The maximum atomic E-state index is 0. The Balaban J connectivity index is 0. The molecule has 0 spiro atoms. The molecule has 10 N–H and O–H groups in total. The van der Waals surface area contributed by atoms with Gasteiger partial charge < -0.3 is 23.3 Å². The summed E-state index contributed by atoms with van der Waals surface area (Å²) in [5.74, 6) is 0. The Hall–Kier alpha value is 0.528. The number of rotatable bonds is 0. The van der Waals surface area contributed by atoms with Gasteiger partial charge in [0.25, 0.3) is 0 Å². The van der Waals surface area contributed by atoms with Crippen LogP contribution in [0, 0.1) is 0 Å². The van der Waals surface area contributed by atoms with Gasteiger partial charge in [-0.25, -0.2) is 0 Å². The summed E-state index contributed by atoms with van der Waals surface area (Å²) in [4.78, 5) is 0. The summed E-state index contributed by atoms with van der Waals surface area (Å²) >= 11 is 0. The summed E-state index contributed by atoms with van der Waals surface area (Å²) < 4.78 is 0. The largest absolute Gasteiger partial charge is 0.412 e. The van der Waals surface area contributed by atoms with E-state index in [2.05, 4.69) is 0 Å². The van der Waals surface area contributed by atoms with Gasteiger partial charge in [0, 0.05) is 21.1 Å². The fourth-order valence-corrected chi connectivity index (χ4v) is 0. The van der Waals surface area contributed by atoms with Crippen LogP contribution in [0.3, 0.4) is 0 Å². The van der Waals surface area contributed by atoms with Crippen molar-refractivity contribution in [2.24, 2.45) is 0 Å². The van der Waals surface area contributed by atoms with E-state index in [4.69, 9.17) is 0 Å². The second kappa shape index (κ2) is 202. The first-order chi connectivity index (χ1) is 0. The Kier molecular flexibility index (Phi) is 16400. The van der Waals surface area contributed by atoms with Crippen LogP contribution < -0.4 is 12.3 Å². The van der Waals surface area contributed by atoms with Gasteiger partial charge in [-0.2, -0.15) is 0 Å². The number of hydrogen-bond acceptors (Lipinski definition) is 2. The van der Waals surface area contributed by atoms with Gasteiger partial charge in [-0.3, -0.25) is 0 Å². The van der Waals surface area contributed by atoms with Crippen molar-refractivity contribution in [1.82, 2.24) is 12.3 Å². The predicted octanol–water partition coefficient (Wildman–Crippen LogP) is -1.33. The molecule has 0 aromatic carbocycles. The molecule has 4 nitrogen and oxygen atoms in total. The molecule has 0 rings (SSSR count). The van der Waals surface area contributed by atoms with Crippen LogP contribution in [0.1, 0.15) is 0 Å². The minimum atomic E-state index is 0. The molecule has 0 heterocycles. The van der Waals surface area contributed by atoms with Crippen LogP contribution in [0.4, 0.5) is 0 Å². The van der Waals surface area contributed by atoms with Gasteiger partial charge in [0.2, 0.25) is 0 Å². The van der Waals surface area contributed by atoms with E-state index in [-0.39, 0.29) is 44.3 Å². The summed E-state index contributed by atoms with van der Waals surface area (Å²) in [5.41, 5.74) is 0. The molecule has 0 atom stereocenters. The molecule has 5 heavy (non-hydrogen) atoms. The van der Waals surface area contributed by atoms with E-state index in [1.807, 2.05) is 0 Å². The van der Waals surface area contributed by atoms with E-state index in [1.54, 1.807) is 0 Å². The Morgan fingerprint density at radius 2 is 0.600 bits per heavy atom. The van der Waals surface area contributed by atoms with Crippen molar-refractivity contribution in [3.63, 3.8) is 0 Å². The third-order valence-electron chi connectivity index (χ3n) is 0. The zero-order valence-electron chi connectivity index (χ0n) is 2.73. The second-order valence-corrected chi connectivity index (χ2v) is 0. The zero-order chi connectivity index (χ0) is 0. The van der Waals surface area contributed by atoms with E-state index in [0.717, 1.165) is 0 Å². The Bertz CT molecular complexity index is 7.61. The van der Waals surface area contributed by atoms with Crippen molar-refractivity contribution in [2.45, 2.75) is 0 Å². The molecule has 0 aliphatic heterocycles. The van der Waals surface area contributed by atoms with Gasteiger partial charge in [-0.1, -0.05) is 0 Å². The topological polar surface area (TPSA) is 133 Å².